The summed E-state index contributed by atoms with van der Waals surface area (Å²) < 4.78 is 0. The van der Waals surface area contributed by atoms with Crippen LogP contribution in [0.25, 0.3) is 0 Å². The summed E-state index contributed by atoms with van der Waals surface area (Å²) in [6.07, 6.45) is 9.28. The van der Waals surface area contributed by atoms with Gasteiger partial charge in [-0.25, -0.2) is 0 Å². The second-order valence-electron chi connectivity index (χ2n) is 6.32. The largest absolute Gasteiger partial charge is 0.0654 e. The molecular weight excluding hydrogens is 228 g/mol. The third-order valence-corrected chi connectivity index (χ3v) is 3.91. The molecule has 0 aliphatic carbocycles. The van der Waals surface area contributed by atoms with E-state index in [0.29, 0.717) is 0 Å². The van der Waals surface area contributed by atoms with Gasteiger partial charge in [0.15, 0.2) is 0 Å². The first-order valence-electron chi connectivity index (χ1n) is 8.26. The van der Waals surface area contributed by atoms with Crippen LogP contribution in [-0.2, 0) is 6.42 Å². The zero-order valence-electron chi connectivity index (χ0n) is 13.4. The molecule has 0 spiro atoms. The molecule has 0 saturated heterocycles. The van der Waals surface area contributed by atoms with E-state index < -0.39 is 0 Å². The smallest absolute Gasteiger partial charge is 0.0162 e. The first-order chi connectivity index (χ1) is 9.17. The predicted molar refractivity (Wildman–Crippen MR) is 86.8 cm³/mol. The first-order valence-corrected chi connectivity index (χ1v) is 8.26. The maximum Gasteiger partial charge on any atom is -0.0162 e. The number of benzene rings is 1. The van der Waals surface area contributed by atoms with Crippen molar-refractivity contribution in [1.82, 2.24) is 0 Å². The highest BCUT2D eigenvalue weighted by molar-refractivity contribution is 5.25. The third kappa shape index (κ3) is 6.27. The Labute approximate surface area is 120 Å². The molecule has 0 heterocycles. The van der Waals surface area contributed by atoms with Crippen molar-refractivity contribution in [2.45, 2.75) is 78.6 Å². The molecule has 0 heteroatoms. The topological polar surface area (TPSA) is 0 Å². The standard InChI is InChI=1S/C19H32/c1-5-7-9-18(10-8-6-2)19-13-11-17(12-14-19)15-16(3)4/h11-14,16,18H,5-10,15H2,1-4H3. The average molecular weight is 260 g/mol. The van der Waals surface area contributed by atoms with Crippen molar-refractivity contribution in [2.75, 3.05) is 0 Å². The van der Waals surface area contributed by atoms with Crippen LogP contribution in [0.3, 0.4) is 0 Å². The molecule has 0 fully saturated rings. The van der Waals surface area contributed by atoms with E-state index in [1.165, 1.54) is 50.5 Å². The third-order valence-electron chi connectivity index (χ3n) is 3.91. The lowest BCUT2D eigenvalue weighted by Crippen LogP contribution is -2.00. The molecule has 0 N–H and O–H groups in total. The van der Waals surface area contributed by atoms with Gasteiger partial charge in [0.05, 0.1) is 0 Å². The quantitative estimate of drug-likeness (QED) is 0.485. The normalized spacial score (nSPS) is 11.5. The highest BCUT2D eigenvalue weighted by Crippen LogP contribution is 2.28. The monoisotopic (exact) mass is 260 g/mol. The molecule has 0 aromatic heterocycles. The SMILES string of the molecule is CCCCC(CCCC)c1ccc(CC(C)C)cc1. The Morgan fingerprint density at radius 2 is 1.37 bits per heavy atom. The summed E-state index contributed by atoms with van der Waals surface area (Å²) in [5.74, 6) is 1.54. The molecule has 0 bridgehead atoms. The molecule has 1 aromatic rings. The van der Waals surface area contributed by atoms with Gasteiger partial charge in [-0.15, -0.1) is 0 Å². The fourth-order valence-corrected chi connectivity index (χ4v) is 2.78. The first kappa shape index (κ1) is 16.3. The van der Waals surface area contributed by atoms with Crippen LogP contribution in [0.5, 0.6) is 0 Å². The second kappa shape index (κ2) is 9.18. The number of rotatable bonds is 9. The molecule has 0 atom stereocenters. The van der Waals surface area contributed by atoms with Gasteiger partial charge in [-0.1, -0.05) is 77.6 Å². The van der Waals surface area contributed by atoms with Gasteiger partial charge in [0.25, 0.3) is 0 Å². The van der Waals surface area contributed by atoms with Crippen LogP contribution in [0, 0.1) is 5.92 Å². The van der Waals surface area contributed by atoms with E-state index in [4.69, 9.17) is 0 Å². The zero-order valence-corrected chi connectivity index (χ0v) is 13.4. The van der Waals surface area contributed by atoms with Crippen LogP contribution >= 0.6 is 0 Å². The molecule has 19 heavy (non-hydrogen) atoms. The van der Waals surface area contributed by atoms with Crippen molar-refractivity contribution < 1.29 is 0 Å². The lowest BCUT2D eigenvalue weighted by atomic mass is 9.88. The number of hydrogen-bond donors (Lipinski definition) is 0. The summed E-state index contributed by atoms with van der Waals surface area (Å²) in [5.41, 5.74) is 3.05. The van der Waals surface area contributed by atoms with Crippen LogP contribution in [0.2, 0.25) is 0 Å². The molecule has 0 unspecified atom stereocenters. The van der Waals surface area contributed by atoms with Crippen molar-refractivity contribution in [3.8, 4) is 0 Å². The second-order valence-corrected chi connectivity index (χ2v) is 6.32. The van der Waals surface area contributed by atoms with Gasteiger partial charge in [0.2, 0.25) is 0 Å². The van der Waals surface area contributed by atoms with Crippen molar-refractivity contribution >= 4 is 0 Å². The molecular formula is C19H32. The maximum atomic E-state index is 2.38. The fourth-order valence-electron chi connectivity index (χ4n) is 2.78. The molecule has 0 nitrogen and oxygen atoms in total. The number of unbranched alkanes of at least 4 members (excludes halogenated alkanes) is 2. The lowest BCUT2D eigenvalue weighted by molar-refractivity contribution is 0.524. The van der Waals surface area contributed by atoms with Gasteiger partial charge in [-0.3, -0.25) is 0 Å². The van der Waals surface area contributed by atoms with Gasteiger partial charge in [-0.05, 0) is 42.2 Å². The van der Waals surface area contributed by atoms with Gasteiger partial charge in [0, 0.05) is 0 Å². The lowest BCUT2D eigenvalue weighted by Gasteiger charge is -2.17. The van der Waals surface area contributed by atoms with Gasteiger partial charge in [0.1, 0.15) is 0 Å². The summed E-state index contributed by atoms with van der Waals surface area (Å²) in [6.45, 7) is 9.17. The van der Waals surface area contributed by atoms with Crippen LogP contribution in [0.1, 0.15) is 83.3 Å². The maximum absolute atomic E-state index is 2.38. The Kier molecular flexibility index (Phi) is 7.86. The van der Waals surface area contributed by atoms with Crippen LogP contribution < -0.4 is 0 Å². The molecule has 108 valence electrons. The molecule has 0 radical (unpaired) electrons. The van der Waals surface area contributed by atoms with Crippen molar-refractivity contribution in [2.24, 2.45) is 5.92 Å². The highest BCUT2D eigenvalue weighted by Gasteiger charge is 2.10. The Balaban J connectivity index is 2.66. The molecule has 0 aliphatic heterocycles. The van der Waals surface area contributed by atoms with Gasteiger partial charge >= 0.3 is 0 Å². The minimum absolute atomic E-state index is 0.752. The average Bonchev–Trinajstić information content (AvgIpc) is 2.39. The summed E-state index contributed by atoms with van der Waals surface area (Å²) in [4.78, 5) is 0. The summed E-state index contributed by atoms with van der Waals surface area (Å²) >= 11 is 0. The van der Waals surface area contributed by atoms with E-state index >= 15 is 0 Å². The minimum atomic E-state index is 0.752. The summed E-state index contributed by atoms with van der Waals surface area (Å²) in [7, 11) is 0. The van der Waals surface area contributed by atoms with Crippen molar-refractivity contribution in [3.05, 3.63) is 35.4 Å². The van der Waals surface area contributed by atoms with Crippen LogP contribution in [0.4, 0.5) is 0 Å². The van der Waals surface area contributed by atoms with E-state index in [0.717, 1.165) is 11.8 Å². The fraction of sp³-hybridized carbons (Fsp3) is 0.684. The molecule has 1 aromatic carbocycles. The van der Waals surface area contributed by atoms with Crippen LogP contribution in [0.15, 0.2) is 24.3 Å². The molecule has 1 rings (SSSR count). The van der Waals surface area contributed by atoms with E-state index in [9.17, 15) is 0 Å². The zero-order chi connectivity index (χ0) is 14.1. The van der Waals surface area contributed by atoms with Crippen molar-refractivity contribution in [1.29, 1.82) is 0 Å². The van der Waals surface area contributed by atoms with Gasteiger partial charge in [-0.2, -0.15) is 0 Å². The Morgan fingerprint density at radius 3 is 1.79 bits per heavy atom. The molecule has 0 amide bonds. The summed E-state index contributed by atoms with van der Waals surface area (Å²) in [6, 6.07) is 9.46. The van der Waals surface area contributed by atoms with E-state index in [2.05, 4.69) is 52.0 Å². The highest BCUT2D eigenvalue weighted by atomic mass is 14.2. The van der Waals surface area contributed by atoms with Crippen molar-refractivity contribution in [3.63, 3.8) is 0 Å². The van der Waals surface area contributed by atoms with Gasteiger partial charge < -0.3 is 0 Å². The Morgan fingerprint density at radius 1 is 0.842 bits per heavy atom. The minimum Gasteiger partial charge on any atom is -0.0654 e. The van der Waals surface area contributed by atoms with E-state index in [-0.39, 0.29) is 0 Å². The molecule has 0 aliphatic rings. The Bertz CT molecular complexity index is 312. The van der Waals surface area contributed by atoms with Crippen LogP contribution in [-0.4, -0.2) is 0 Å². The number of hydrogen-bond acceptors (Lipinski definition) is 0. The Hall–Kier alpha value is -0.780. The predicted octanol–water partition coefficient (Wildman–Crippen LogP) is 6.35. The van der Waals surface area contributed by atoms with E-state index in [1.54, 1.807) is 5.56 Å². The summed E-state index contributed by atoms with van der Waals surface area (Å²) in [5, 5.41) is 0. The van der Waals surface area contributed by atoms with E-state index in [1.807, 2.05) is 0 Å². The molecule has 0 saturated carbocycles.